The van der Waals surface area contributed by atoms with E-state index in [1.807, 2.05) is 13.0 Å². The Hall–Kier alpha value is -3.53. The van der Waals surface area contributed by atoms with Crippen molar-refractivity contribution in [3.8, 4) is 0 Å². The van der Waals surface area contributed by atoms with Gasteiger partial charge in [0.15, 0.2) is 0 Å². The number of aromatic nitrogens is 2. The maximum absolute atomic E-state index is 14.2. The number of nitrogens with zero attached hydrogens (tertiary/aromatic N) is 3. The molecule has 2 aromatic rings. The number of halogens is 2. The van der Waals surface area contributed by atoms with E-state index in [2.05, 4.69) is 20.6 Å². The van der Waals surface area contributed by atoms with Gasteiger partial charge in [0.2, 0.25) is 0 Å². The predicted molar refractivity (Wildman–Crippen MR) is 118 cm³/mol. The van der Waals surface area contributed by atoms with Gasteiger partial charge in [-0.2, -0.15) is 0 Å². The normalized spacial score (nSPS) is 22.5. The molecule has 0 unspecified atom stereocenters. The van der Waals surface area contributed by atoms with E-state index in [4.69, 9.17) is 5.73 Å². The van der Waals surface area contributed by atoms with E-state index in [0.717, 1.165) is 18.7 Å². The minimum atomic E-state index is -0.504. The number of aromatic amines is 1. The van der Waals surface area contributed by atoms with Crippen LogP contribution in [0.25, 0.3) is 6.08 Å². The van der Waals surface area contributed by atoms with E-state index in [1.54, 1.807) is 27.7 Å². The minimum absolute atomic E-state index is 0.188. The number of amides is 2. The van der Waals surface area contributed by atoms with Crippen molar-refractivity contribution < 1.29 is 18.2 Å². The second kappa shape index (κ2) is 9.31. The van der Waals surface area contributed by atoms with E-state index >= 15 is 0 Å². The molecule has 4 rings (SSSR count). The molecule has 0 spiro atoms. The highest BCUT2D eigenvalue weighted by molar-refractivity contribution is 5.91. The summed E-state index contributed by atoms with van der Waals surface area (Å²) in [6, 6.07) is 2.94. The highest BCUT2D eigenvalue weighted by Gasteiger charge is 2.26. The van der Waals surface area contributed by atoms with Gasteiger partial charge in [0.25, 0.3) is 5.84 Å². The molecule has 5 N–H and O–H groups in total. The second-order valence-electron chi connectivity index (χ2n) is 7.86. The Morgan fingerprint density at radius 3 is 3.06 bits per heavy atom. The molecular weight excluding hydrogens is 416 g/mol. The predicted octanol–water partition coefficient (Wildman–Crippen LogP) is 2.21. The average molecular weight is 442 g/mol. The first-order valence-electron chi connectivity index (χ1n) is 10.4. The third-order valence-corrected chi connectivity index (χ3v) is 5.47. The van der Waals surface area contributed by atoms with Crippen molar-refractivity contribution in [1.82, 2.24) is 20.2 Å². The van der Waals surface area contributed by atoms with Crippen molar-refractivity contribution in [3.05, 3.63) is 65.6 Å². The summed E-state index contributed by atoms with van der Waals surface area (Å²) in [5.74, 6) is 0.353. The van der Waals surface area contributed by atoms with Crippen molar-refractivity contribution >= 4 is 23.8 Å². The highest BCUT2D eigenvalue weighted by atomic mass is 19.1. The summed E-state index contributed by atoms with van der Waals surface area (Å²) in [5.41, 5.74) is 6.44. The molecule has 0 aliphatic carbocycles. The first kappa shape index (κ1) is 21.7. The Morgan fingerprint density at radius 2 is 2.25 bits per heavy atom. The summed E-state index contributed by atoms with van der Waals surface area (Å²) >= 11 is 0. The van der Waals surface area contributed by atoms with Crippen LogP contribution in [-0.2, 0) is 0 Å². The number of H-pyrrole nitrogens is 1. The van der Waals surface area contributed by atoms with Crippen LogP contribution in [0.2, 0.25) is 0 Å². The molecule has 3 heterocycles. The van der Waals surface area contributed by atoms with Gasteiger partial charge in [-0.15, -0.1) is 0 Å². The Labute approximate surface area is 184 Å². The molecule has 2 atom stereocenters. The molecule has 0 saturated carbocycles. The summed E-state index contributed by atoms with van der Waals surface area (Å²) in [4.78, 5) is 21.4. The van der Waals surface area contributed by atoms with Gasteiger partial charge in [0, 0.05) is 37.3 Å². The number of carbonyl (C=O) groups is 1. The average Bonchev–Trinajstić information content (AvgIpc) is 3.43. The van der Waals surface area contributed by atoms with Crippen molar-refractivity contribution in [2.24, 2.45) is 5.73 Å². The molecule has 2 aliphatic heterocycles. The fourth-order valence-corrected chi connectivity index (χ4v) is 3.86. The summed E-state index contributed by atoms with van der Waals surface area (Å²) < 4.78 is 29.6. The zero-order valence-corrected chi connectivity index (χ0v) is 17.7. The molecule has 8 nitrogen and oxygen atoms in total. The number of hydrogen-bond acceptors (Lipinski definition) is 3. The number of amidine groups is 1. The summed E-state index contributed by atoms with van der Waals surface area (Å²) in [5, 5.41) is 6.10. The van der Waals surface area contributed by atoms with Crippen LogP contribution in [0.4, 0.5) is 19.4 Å². The van der Waals surface area contributed by atoms with Crippen LogP contribution in [0, 0.1) is 11.6 Å². The Balaban J connectivity index is 1.44. The van der Waals surface area contributed by atoms with Crippen LogP contribution < -0.4 is 16.4 Å². The third-order valence-electron chi connectivity index (χ3n) is 5.47. The SMILES string of the molecule is C[C@H]1CN(C(=O)Nc2cnc(/C=C\C(N)=[N+]3CC=C[C@@H]3c3cc(F)ccc3F)[nH]2)CCN1. The molecular formula is C22H26F2N7O+. The smallest absolute Gasteiger partial charge is 0.323 e. The lowest BCUT2D eigenvalue weighted by molar-refractivity contribution is -0.543. The van der Waals surface area contributed by atoms with Crippen LogP contribution in [0.15, 0.2) is 42.6 Å². The molecule has 2 aliphatic rings. The Bertz CT molecular complexity index is 1090. The van der Waals surface area contributed by atoms with E-state index in [-0.39, 0.29) is 17.6 Å². The van der Waals surface area contributed by atoms with Gasteiger partial charge in [-0.05, 0) is 43.4 Å². The second-order valence-corrected chi connectivity index (χ2v) is 7.86. The molecule has 10 heteroatoms. The lowest BCUT2D eigenvalue weighted by Crippen LogP contribution is -2.52. The molecule has 0 bridgehead atoms. The van der Waals surface area contributed by atoms with Crippen molar-refractivity contribution in [1.29, 1.82) is 0 Å². The van der Waals surface area contributed by atoms with Crippen LogP contribution in [0.1, 0.15) is 24.4 Å². The molecule has 0 radical (unpaired) electrons. The number of rotatable bonds is 4. The van der Waals surface area contributed by atoms with Crippen LogP contribution in [0.3, 0.4) is 0 Å². The first-order valence-corrected chi connectivity index (χ1v) is 10.4. The topological polar surface area (TPSA) is 102 Å². The standard InChI is InChI=1S/C22H25F2N7O/c1-14-13-30(10-8-26-14)22(32)29-21-12-27-20(28-21)7-6-19(25)31-9-2-3-18(31)16-11-15(23)4-5-17(16)24/h2-7,11-12,14,18,26H,8-10,13H2,1H3,(H3,25,27,28,29,32)/p+1/t14-,18+/m0/s1. The quantitative estimate of drug-likeness (QED) is 0.331. The number of anilines is 1. The van der Waals surface area contributed by atoms with E-state index in [0.29, 0.717) is 37.1 Å². The van der Waals surface area contributed by atoms with E-state index in [1.165, 1.54) is 12.3 Å². The van der Waals surface area contributed by atoms with E-state index in [9.17, 15) is 13.6 Å². The molecule has 168 valence electrons. The zero-order chi connectivity index (χ0) is 22.7. The van der Waals surface area contributed by atoms with Gasteiger partial charge in [-0.25, -0.2) is 23.1 Å². The van der Waals surface area contributed by atoms with E-state index < -0.39 is 17.7 Å². The molecule has 32 heavy (non-hydrogen) atoms. The Morgan fingerprint density at radius 1 is 1.41 bits per heavy atom. The molecule has 1 fully saturated rings. The molecule has 1 aromatic carbocycles. The van der Waals surface area contributed by atoms with Crippen molar-refractivity contribution in [3.63, 3.8) is 0 Å². The van der Waals surface area contributed by atoms with Gasteiger partial charge in [0.1, 0.15) is 35.9 Å². The van der Waals surface area contributed by atoms with Crippen LogP contribution >= 0.6 is 0 Å². The fraction of sp³-hybridized carbons (Fsp3) is 0.318. The number of hydrogen-bond donors (Lipinski definition) is 4. The van der Waals surface area contributed by atoms with Gasteiger partial charge in [0.05, 0.1) is 6.20 Å². The molecule has 2 amide bonds. The summed E-state index contributed by atoms with van der Waals surface area (Å²) in [6.07, 6.45) is 8.47. The Kier molecular flexibility index (Phi) is 6.31. The van der Waals surface area contributed by atoms with Gasteiger partial charge < -0.3 is 15.2 Å². The summed E-state index contributed by atoms with van der Waals surface area (Å²) in [7, 11) is 0. The fourth-order valence-electron chi connectivity index (χ4n) is 3.86. The van der Waals surface area contributed by atoms with Gasteiger partial charge in [-0.3, -0.25) is 11.1 Å². The lowest BCUT2D eigenvalue weighted by atomic mass is 10.1. The maximum Gasteiger partial charge on any atom is 0.323 e. The van der Waals surface area contributed by atoms with Gasteiger partial charge in [-0.1, -0.05) is 0 Å². The largest absolute Gasteiger partial charge is 0.325 e. The number of nitrogens with one attached hydrogen (secondary N) is 3. The van der Waals surface area contributed by atoms with Gasteiger partial charge >= 0.3 is 6.03 Å². The number of urea groups is 1. The van der Waals surface area contributed by atoms with Crippen molar-refractivity contribution in [2.75, 3.05) is 31.5 Å². The van der Waals surface area contributed by atoms with Crippen molar-refractivity contribution in [2.45, 2.75) is 19.0 Å². The number of benzene rings is 1. The zero-order valence-electron chi connectivity index (χ0n) is 17.7. The number of imidazole rings is 1. The first-order chi connectivity index (χ1) is 15.4. The monoisotopic (exact) mass is 442 g/mol. The van der Waals surface area contributed by atoms with Crippen LogP contribution in [-0.4, -0.2) is 63.5 Å². The lowest BCUT2D eigenvalue weighted by Gasteiger charge is -2.31. The maximum atomic E-state index is 14.2. The number of nitrogens with two attached hydrogens (primary N) is 1. The highest BCUT2D eigenvalue weighted by Crippen LogP contribution is 2.26. The van der Waals surface area contributed by atoms with Crippen LogP contribution in [0.5, 0.6) is 0 Å². The number of piperazine rings is 1. The summed E-state index contributed by atoms with van der Waals surface area (Å²) in [6.45, 7) is 4.53. The molecule has 1 saturated heterocycles. The minimum Gasteiger partial charge on any atom is -0.325 e. The number of carbonyl (C=O) groups excluding carboxylic acids is 1. The molecule has 1 aromatic heterocycles. The third kappa shape index (κ3) is 4.86.